The summed E-state index contributed by atoms with van der Waals surface area (Å²) in [5, 5.41) is 5.87. The predicted molar refractivity (Wildman–Crippen MR) is 181 cm³/mol. The Balaban J connectivity index is 1.25. The van der Waals surface area contributed by atoms with Gasteiger partial charge in [0.05, 0.1) is 13.2 Å². The van der Waals surface area contributed by atoms with Crippen molar-refractivity contribution in [2.24, 2.45) is 0 Å². The maximum Gasteiger partial charge on any atom is 0.258 e. The molecule has 3 heterocycles. The number of hydrogen-bond donors (Lipinski definition) is 2. The molecule has 0 saturated carbocycles. The van der Waals surface area contributed by atoms with E-state index in [4.69, 9.17) is 14.2 Å². The third kappa shape index (κ3) is 8.72. The molecule has 3 aromatic carbocycles. The molecule has 254 valence electrons. The summed E-state index contributed by atoms with van der Waals surface area (Å²) in [7, 11) is 1.55. The number of amides is 3. The van der Waals surface area contributed by atoms with E-state index >= 15 is 0 Å². The average molecular weight is 667 g/mol. The molecule has 0 radical (unpaired) electrons. The topological polar surface area (TPSA) is 119 Å². The van der Waals surface area contributed by atoms with Crippen LogP contribution in [0, 0.1) is 5.82 Å². The second-order valence-electron chi connectivity index (χ2n) is 12.2. The van der Waals surface area contributed by atoms with Gasteiger partial charge >= 0.3 is 0 Å². The van der Waals surface area contributed by atoms with Gasteiger partial charge in [0.25, 0.3) is 11.8 Å². The van der Waals surface area contributed by atoms with Crippen molar-refractivity contribution in [2.45, 2.75) is 50.8 Å². The van der Waals surface area contributed by atoms with E-state index in [0.29, 0.717) is 47.6 Å². The van der Waals surface area contributed by atoms with Gasteiger partial charge in [0.1, 0.15) is 29.2 Å². The number of carbonyl (C=O) groups excluding carboxylic acids is 3. The Morgan fingerprint density at radius 3 is 2.76 bits per heavy atom. The molecule has 6 bridgehead atoms. The normalized spacial score (nSPS) is 17.9. The largest absolute Gasteiger partial charge is 0.496 e. The minimum Gasteiger partial charge on any atom is -0.496 e. The minimum atomic E-state index is -0.587. The van der Waals surface area contributed by atoms with E-state index in [0.717, 1.165) is 30.4 Å². The van der Waals surface area contributed by atoms with E-state index in [-0.39, 0.29) is 43.2 Å². The summed E-state index contributed by atoms with van der Waals surface area (Å²) in [4.78, 5) is 45.7. The van der Waals surface area contributed by atoms with E-state index in [1.165, 1.54) is 12.1 Å². The number of nitrogens with one attached hydrogen (secondary N) is 2. The first-order valence-corrected chi connectivity index (χ1v) is 16.5. The minimum absolute atomic E-state index is 0.00650. The van der Waals surface area contributed by atoms with E-state index in [1.807, 2.05) is 24.4 Å². The number of rotatable bonds is 6. The summed E-state index contributed by atoms with van der Waals surface area (Å²) in [6, 6.07) is 19.9. The van der Waals surface area contributed by atoms with Gasteiger partial charge in [-0.05, 0) is 84.5 Å². The van der Waals surface area contributed by atoms with Gasteiger partial charge in [-0.3, -0.25) is 19.4 Å². The zero-order valence-electron chi connectivity index (χ0n) is 27.3. The van der Waals surface area contributed by atoms with Crippen molar-refractivity contribution in [1.82, 2.24) is 20.5 Å². The number of benzene rings is 3. The number of aryl methyl sites for hydroxylation is 1. The average Bonchev–Trinajstić information content (AvgIpc) is 3.12. The number of fused-ring (bicyclic) bond motifs is 8. The van der Waals surface area contributed by atoms with E-state index < -0.39 is 18.0 Å². The van der Waals surface area contributed by atoms with Crippen molar-refractivity contribution >= 4 is 17.7 Å². The number of piperidine rings is 1. The number of carbonyl (C=O) groups is 3. The van der Waals surface area contributed by atoms with Crippen LogP contribution in [-0.2, 0) is 22.6 Å². The number of methoxy groups -OCH3 is 1. The first-order valence-electron chi connectivity index (χ1n) is 16.5. The lowest BCUT2D eigenvalue weighted by Gasteiger charge is -2.39. The van der Waals surface area contributed by atoms with Crippen LogP contribution in [0.2, 0.25) is 0 Å². The number of likely N-dealkylation sites (tertiary alicyclic amines) is 1. The molecule has 3 amide bonds. The van der Waals surface area contributed by atoms with Crippen molar-refractivity contribution in [1.29, 1.82) is 0 Å². The van der Waals surface area contributed by atoms with Crippen LogP contribution in [-0.4, -0.2) is 66.6 Å². The second kappa shape index (κ2) is 15.6. The summed E-state index contributed by atoms with van der Waals surface area (Å²) >= 11 is 0. The van der Waals surface area contributed by atoms with Crippen LogP contribution in [0.1, 0.15) is 47.2 Å². The Hall–Kier alpha value is -5.45. The van der Waals surface area contributed by atoms with Gasteiger partial charge in [-0.15, -0.1) is 0 Å². The molecule has 2 N–H and O–H groups in total. The Labute approximate surface area is 284 Å². The van der Waals surface area contributed by atoms with Crippen LogP contribution >= 0.6 is 0 Å². The highest BCUT2D eigenvalue weighted by molar-refractivity contribution is 5.96. The number of halogens is 1. The zero-order valence-corrected chi connectivity index (χ0v) is 27.3. The van der Waals surface area contributed by atoms with Gasteiger partial charge in [-0.1, -0.05) is 18.2 Å². The molecule has 2 aliphatic rings. The summed E-state index contributed by atoms with van der Waals surface area (Å²) in [6.07, 6.45) is 6.26. The van der Waals surface area contributed by atoms with Crippen molar-refractivity contribution in [3.05, 3.63) is 108 Å². The fourth-order valence-electron chi connectivity index (χ4n) is 6.19. The Kier molecular flexibility index (Phi) is 10.7. The summed E-state index contributed by atoms with van der Waals surface area (Å²) in [5.74, 6) is 0.0270. The Bertz CT molecular complexity index is 1800. The fraction of sp³-hybridized carbons (Fsp3) is 0.316. The molecule has 2 atom stereocenters. The molecule has 10 nitrogen and oxygen atoms in total. The third-order valence-electron chi connectivity index (χ3n) is 8.73. The van der Waals surface area contributed by atoms with Crippen molar-refractivity contribution in [3.8, 4) is 28.4 Å². The van der Waals surface area contributed by atoms with Gasteiger partial charge in [0, 0.05) is 62.1 Å². The van der Waals surface area contributed by atoms with E-state index in [1.54, 1.807) is 60.7 Å². The highest BCUT2D eigenvalue weighted by Gasteiger charge is 2.34. The van der Waals surface area contributed by atoms with Crippen LogP contribution in [0.15, 0.2) is 85.2 Å². The first kappa shape index (κ1) is 33.5. The number of aromatic nitrogens is 1. The number of unbranched alkanes of at least 4 members (excludes halogenated alkanes) is 1. The van der Waals surface area contributed by atoms with Crippen LogP contribution in [0.3, 0.4) is 0 Å². The monoisotopic (exact) mass is 666 g/mol. The standard InChI is InChI=1S/C38H39FN4O6/c1-47-34-12-11-28-19-32(34)27-8-4-9-30(18-27)48-24-36(44)41-22-26-16-29(39)20-31(17-26)49-35-13-15-43(23-33(35)42-38(28)46)37(45)10-3-2-6-25-7-5-14-40-21-25/h4-5,7-9,11-12,14,16-21,33,35H,2-3,6,10,13,15,22-24H2,1H3,(H,41,44)(H,42,46)/t33-,35-/m1/s1. The first-order chi connectivity index (χ1) is 23.8. The molecular weight excluding hydrogens is 627 g/mol. The van der Waals surface area contributed by atoms with Gasteiger partial charge in [0.2, 0.25) is 5.91 Å². The Morgan fingerprint density at radius 2 is 1.92 bits per heavy atom. The molecule has 2 aliphatic heterocycles. The van der Waals surface area contributed by atoms with E-state index in [9.17, 15) is 18.8 Å². The number of pyridine rings is 1. The molecular formula is C38H39FN4O6. The van der Waals surface area contributed by atoms with Gasteiger partial charge < -0.3 is 29.7 Å². The van der Waals surface area contributed by atoms with Gasteiger partial charge in [-0.25, -0.2) is 4.39 Å². The lowest BCUT2D eigenvalue weighted by Crippen LogP contribution is -2.58. The SMILES string of the molecule is COc1ccc2cc1-c1cccc(c1)OCC(=O)NCc1cc(F)cc(c1)O[C@@H]1CCN(C(=O)CCCCc3cccnc3)C[C@H]1NC2=O. The molecule has 0 spiro atoms. The van der Waals surface area contributed by atoms with Crippen LogP contribution < -0.4 is 24.8 Å². The molecule has 0 aliphatic carbocycles. The Morgan fingerprint density at radius 1 is 1.02 bits per heavy atom. The van der Waals surface area contributed by atoms with Crippen LogP contribution in [0.4, 0.5) is 4.39 Å². The highest BCUT2D eigenvalue weighted by Crippen LogP contribution is 2.33. The van der Waals surface area contributed by atoms with Gasteiger partial charge in [0.15, 0.2) is 6.61 Å². The van der Waals surface area contributed by atoms with Crippen molar-refractivity contribution < 1.29 is 33.0 Å². The smallest absolute Gasteiger partial charge is 0.258 e. The lowest BCUT2D eigenvalue weighted by molar-refractivity contribution is -0.133. The third-order valence-corrected chi connectivity index (χ3v) is 8.73. The number of nitrogens with zero attached hydrogens (tertiary/aromatic N) is 2. The molecule has 49 heavy (non-hydrogen) atoms. The maximum absolute atomic E-state index is 14.7. The zero-order chi connectivity index (χ0) is 34.2. The fourth-order valence-corrected chi connectivity index (χ4v) is 6.19. The maximum atomic E-state index is 14.7. The van der Waals surface area contributed by atoms with Gasteiger partial charge in [-0.2, -0.15) is 0 Å². The molecule has 1 saturated heterocycles. The molecule has 4 aromatic rings. The molecule has 1 aromatic heterocycles. The quantitative estimate of drug-likeness (QED) is 0.275. The summed E-state index contributed by atoms with van der Waals surface area (Å²) in [5.41, 5.74) is 3.41. The second-order valence-corrected chi connectivity index (χ2v) is 12.2. The van der Waals surface area contributed by atoms with Crippen molar-refractivity contribution in [2.75, 3.05) is 26.8 Å². The molecule has 1 fully saturated rings. The number of ether oxygens (including phenoxy) is 3. The predicted octanol–water partition coefficient (Wildman–Crippen LogP) is 5.10. The number of hydrogen-bond acceptors (Lipinski definition) is 7. The van der Waals surface area contributed by atoms with E-state index in [2.05, 4.69) is 15.6 Å². The van der Waals surface area contributed by atoms with Crippen molar-refractivity contribution in [3.63, 3.8) is 0 Å². The van der Waals surface area contributed by atoms with Crippen LogP contribution in [0.5, 0.6) is 17.2 Å². The summed E-state index contributed by atoms with van der Waals surface area (Å²) < 4.78 is 32.4. The molecule has 11 heteroatoms. The summed E-state index contributed by atoms with van der Waals surface area (Å²) in [6.45, 7) is 0.483. The highest BCUT2D eigenvalue weighted by atomic mass is 19.1. The van der Waals surface area contributed by atoms with Crippen LogP contribution in [0.25, 0.3) is 11.1 Å². The lowest BCUT2D eigenvalue weighted by atomic mass is 9.98. The molecule has 6 rings (SSSR count). The molecule has 0 unspecified atom stereocenters.